The molecule has 2 saturated heterocycles. The molecular weight excluding hydrogens is 697 g/mol. The third-order valence-corrected chi connectivity index (χ3v) is 11.1. The third kappa shape index (κ3) is 4.79. The van der Waals surface area contributed by atoms with Crippen molar-refractivity contribution in [1.82, 2.24) is 5.01 Å². The van der Waals surface area contributed by atoms with Gasteiger partial charge in [0.1, 0.15) is 40.7 Å². The smallest absolute Gasteiger partial charge is 0.339 e. The molecule has 1 saturated carbocycles. The van der Waals surface area contributed by atoms with Gasteiger partial charge in [0.05, 0.1) is 35.0 Å². The van der Waals surface area contributed by atoms with Gasteiger partial charge >= 0.3 is 5.97 Å². The highest BCUT2D eigenvalue weighted by Gasteiger charge is 2.71. The number of aliphatic hydroxyl groups is 1. The van der Waals surface area contributed by atoms with Crippen LogP contribution in [0.25, 0.3) is 0 Å². The van der Waals surface area contributed by atoms with Gasteiger partial charge in [0, 0.05) is 11.1 Å². The topological polar surface area (TPSA) is 178 Å². The molecule has 0 radical (unpaired) electrons. The van der Waals surface area contributed by atoms with Crippen LogP contribution in [0.1, 0.15) is 46.2 Å². The van der Waals surface area contributed by atoms with Gasteiger partial charge in [-0.1, -0.05) is 35.4 Å². The normalized spacial score (nSPS) is 26.6. The summed E-state index contributed by atoms with van der Waals surface area (Å²) in [7, 11) is 0. The Hall–Kier alpha value is -5.79. The van der Waals surface area contributed by atoms with Gasteiger partial charge < -0.3 is 19.7 Å². The minimum absolute atomic E-state index is 0.00302. The molecule has 14 heteroatoms. The Balaban J connectivity index is 1.29. The van der Waals surface area contributed by atoms with Crippen LogP contribution in [0.3, 0.4) is 0 Å². The first-order valence-corrected chi connectivity index (χ1v) is 16.8. The van der Waals surface area contributed by atoms with E-state index in [0.717, 1.165) is 22.0 Å². The summed E-state index contributed by atoms with van der Waals surface area (Å²) >= 11 is 6.30. The number of benzene rings is 3. The molecule has 6 atom stereocenters. The zero-order valence-corrected chi connectivity index (χ0v) is 27.8. The van der Waals surface area contributed by atoms with Crippen LogP contribution >= 0.6 is 11.6 Å². The fraction of sp³-hybridized carbons (Fsp3) is 0.237. The standard InChI is InChI=1S/C38H29ClFN3O9/c39-19-3-1-18(2-4-19)38-28(34(47)43(37(38)51)41-21-7-5-20(40)6-8-21)16-27-24(32(38)30-14-10-23(17-44)52-30)12-13-26-31(27)35(48)42(33(26)46)22-9-11-25(36(49)50)29(45)15-22/h1-12,14-15,26-28,31-32,41,44-45H,13,16-17H2,(H,49,50)/t26-,27+,28-,31-,32+,38+/m0/s1. The second kappa shape index (κ2) is 12.2. The highest BCUT2D eigenvalue weighted by atomic mass is 35.5. The van der Waals surface area contributed by atoms with Crippen molar-refractivity contribution < 1.29 is 48.1 Å². The summed E-state index contributed by atoms with van der Waals surface area (Å²) < 4.78 is 20.0. The number of aromatic hydroxyl groups is 1. The van der Waals surface area contributed by atoms with Gasteiger partial charge in [-0.2, -0.15) is 5.01 Å². The number of nitrogens with zero attached hydrogens (tertiary/aromatic N) is 2. The maximum absolute atomic E-state index is 15.1. The van der Waals surface area contributed by atoms with Crippen LogP contribution in [0.4, 0.5) is 15.8 Å². The number of allylic oxidation sites excluding steroid dienone is 2. The van der Waals surface area contributed by atoms with E-state index in [1.54, 1.807) is 36.4 Å². The third-order valence-electron chi connectivity index (χ3n) is 10.8. The number of aliphatic hydroxyl groups excluding tert-OH is 1. The van der Waals surface area contributed by atoms with Gasteiger partial charge in [0.25, 0.3) is 11.8 Å². The highest BCUT2D eigenvalue weighted by molar-refractivity contribution is 6.30. The molecule has 2 aliphatic carbocycles. The Morgan fingerprint density at radius 1 is 0.942 bits per heavy atom. The maximum atomic E-state index is 15.1. The number of nitrogens with one attached hydrogen (secondary N) is 1. The van der Waals surface area contributed by atoms with Crippen molar-refractivity contribution in [1.29, 1.82) is 0 Å². The van der Waals surface area contributed by atoms with Crippen LogP contribution in [-0.2, 0) is 31.2 Å². The summed E-state index contributed by atoms with van der Waals surface area (Å²) in [6, 6.07) is 18.3. The number of carbonyl (C=O) groups excluding carboxylic acids is 4. The molecule has 4 amide bonds. The number of fused-ring (bicyclic) bond motifs is 4. The van der Waals surface area contributed by atoms with Crippen molar-refractivity contribution in [2.24, 2.45) is 23.7 Å². The molecule has 8 rings (SSSR count). The Morgan fingerprint density at radius 3 is 2.33 bits per heavy atom. The molecule has 0 bridgehead atoms. The van der Waals surface area contributed by atoms with Gasteiger partial charge in [-0.25, -0.2) is 14.1 Å². The van der Waals surface area contributed by atoms with E-state index in [0.29, 0.717) is 16.2 Å². The molecule has 4 aromatic rings. The van der Waals surface area contributed by atoms with Gasteiger partial charge in [-0.3, -0.25) is 24.6 Å². The molecule has 0 spiro atoms. The van der Waals surface area contributed by atoms with Crippen LogP contribution in [0, 0.1) is 29.5 Å². The van der Waals surface area contributed by atoms with Gasteiger partial charge in [0.15, 0.2) is 0 Å². The number of furan rings is 1. The average molecular weight is 726 g/mol. The minimum Gasteiger partial charge on any atom is -0.507 e. The minimum atomic E-state index is -1.65. The summed E-state index contributed by atoms with van der Waals surface area (Å²) in [6.45, 7) is -0.447. The summed E-state index contributed by atoms with van der Waals surface area (Å²) in [5.41, 5.74) is 2.12. The number of amides is 4. The molecule has 4 N–H and O–H groups in total. The van der Waals surface area contributed by atoms with Gasteiger partial charge in [-0.15, -0.1) is 0 Å². The second-order valence-electron chi connectivity index (χ2n) is 13.4. The summed E-state index contributed by atoms with van der Waals surface area (Å²) in [5, 5.41) is 31.0. The highest BCUT2D eigenvalue weighted by Crippen LogP contribution is 2.64. The molecule has 4 aliphatic rings. The number of hydrogen-bond acceptors (Lipinski definition) is 9. The summed E-state index contributed by atoms with van der Waals surface area (Å²) in [6.07, 6.45) is 1.89. The van der Waals surface area contributed by atoms with Gasteiger partial charge in [0.2, 0.25) is 11.8 Å². The van der Waals surface area contributed by atoms with Crippen LogP contribution in [0.15, 0.2) is 94.9 Å². The molecule has 52 heavy (non-hydrogen) atoms. The number of carboxylic acids is 1. The van der Waals surface area contributed by atoms with Crippen molar-refractivity contribution in [3.63, 3.8) is 0 Å². The van der Waals surface area contributed by atoms with E-state index in [1.165, 1.54) is 30.3 Å². The maximum Gasteiger partial charge on any atom is 0.339 e. The van der Waals surface area contributed by atoms with E-state index in [1.807, 2.05) is 6.08 Å². The van der Waals surface area contributed by atoms with Crippen LogP contribution in [0.2, 0.25) is 5.02 Å². The molecule has 0 unspecified atom stereocenters. The van der Waals surface area contributed by atoms with Crippen molar-refractivity contribution in [2.45, 2.75) is 30.8 Å². The zero-order valence-electron chi connectivity index (χ0n) is 27.0. The number of carbonyl (C=O) groups is 5. The van der Waals surface area contributed by atoms with E-state index in [9.17, 15) is 38.9 Å². The fourth-order valence-corrected chi connectivity index (χ4v) is 8.82. The number of aromatic carboxylic acids is 1. The van der Waals surface area contributed by atoms with E-state index in [2.05, 4.69) is 5.43 Å². The lowest BCUT2D eigenvalue weighted by molar-refractivity contribution is -0.138. The molecule has 2 aliphatic heterocycles. The van der Waals surface area contributed by atoms with Crippen LogP contribution in [-0.4, -0.2) is 49.9 Å². The predicted octanol–water partition coefficient (Wildman–Crippen LogP) is 5.16. The van der Waals surface area contributed by atoms with E-state index in [4.69, 9.17) is 16.0 Å². The molecule has 3 heterocycles. The van der Waals surface area contributed by atoms with Crippen molar-refractivity contribution in [3.8, 4) is 5.75 Å². The van der Waals surface area contributed by atoms with Crippen molar-refractivity contribution in [3.05, 3.63) is 124 Å². The van der Waals surface area contributed by atoms with E-state index in [-0.39, 0.29) is 35.7 Å². The quantitative estimate of drug-likeness (QED) is 0.147. The van der Waals surface area contributed by atoms with Crippen molar-refractivity contribution >= 4 is 52.6 Å². The Morgan fingerprint density at radius 2 is 1.67 bits per heavy atom. The first-order chi connectivity index (χ1) is 24.9. The zero-order chi connectivity index (χ0) is 36.6. The number of anilines is 2. The lowest BCUT2D eigenvalue weighted by Crippen LogP contribution is -2.53. The average Bonchev–Trinajstić information content (AvgIpc) is 3.77. The molecule has 1 aromatic heterocycles. The summed E-state index contributed by atoms with van der Waals surface area (Å²) in [5.74, 6) is -9.14. The number of hydrogen-bond donors (Lipinski definition) is 4. The fourth-order valence-electron chi connectivity index (χ4n) is 8.69. The Bertz CT molecular complexity index is 2220. The van der Waals surface area contributed by atoms with Crippen molar-refractivity contribution in [2.75, 3.05) is 10.3 Å². The second-order valence-corrected chi connectivity index (χ2v) is 13.8. The van der Waals surface area contributed by atoms with Crippen LogP contribution in [0.5, 0.6) is 5.75 Å². The molecule has 3 aromatic carbocycles. The largest absolute Gasteiger partial charge is 0.507 e. The lowest BCUT2D eigenvalue weighted by Gasteiger charge is -2.49. The number of rotatable bonds is 7. The SMILES string of the molecule is O=C(O)c1ccc(N2C(=O)[C@H]3[C@H](CC=C4[C@H]3C[C@H]3C(=O)N(Nc5ccc(F)cc5)C(=O)[C@@]3(c3ccc(Cl)cc3)[C@H]4c3ccc(CO)o3)C2=O)cc1O. The number of halogens is 2. The van der Waals surface area contributed by atoms with E-state index >= 15 is 4.79 Å². The van der Waals surface area contributed by atoms with Crippen LogP contribution < -0.4 is 10.3 Å². The molecule has 3 fully saturated rings. The first-order valence-electron chi connectivity index (χ1n) is 16.5. The van der Waals surface area contributed by atoms with Gasteiger partial charge in [-0.05, 0) is 85.0 Å². The molecule has 12 nitrogen and oxygen atoms in total. The molecular formula is C38H29ClFN3O9. The number of hydrazine groups is 1. The Kier molecular flexibility index (Phi) is 7.81. The summed E-state index contributed by atoms with van der Waals surface area (Å²) in [4.78, 5) is 70.5. The predicted molar refractivity (Wildman–Crippen MR) is 181 cm³/mol. The number of imide groups is 2. The number of phenols is 1. The lowest BCUT2D eigenvalue weighted by atomic mass is 9.50. The first kappa shape index (κ1) is 33.4. The monoisotopic (exact) mass is 725 g/mol. The Labute approximate surface area is 299 Å². The van der Waals surface area contributed by atoms with E-state index < -0.39 is 88.3 Å². The number of carboxylic acid groups (broad SMARTS) is 1. The molecule has 264 valence electrons.